The summed E-state index contributed by atoms with van der Waals surface area (Å²) < 4.78 is 23.5. The molecule has 29 nitrogen and oxygen atoms in total. The van der Waals surface area contributed by atoms with Gasteiger partial charge in [0.1, 0.15) is 18.8 Å². The van der Waals surface area contributed by atoms with E-state index in [0.29, 0.717) is 48.9 Å². The van der Waals surface area contributed by atoms with Crippen molar-refractivity contribution in [3.05, 3.63) is 76.9 Å². The average molecular weight is 1440 g/mol. The number of amides is 12. The zero-order valence-electron chi connectivity index (χ0n) is 63.1. The van der Waals surface area contributed by atoms with Gasteiger partial charge in [-0.05, 0) is 101 Å². The Morgan fingerprint density at radius 3 is 1.90 bits per heavy atom. The number of urea groups is 1. The normalized spacial score (nSPS) is 17.0. The maximum atomic E-state index is 15.0. The van der Waals surface area contributed by atoms with Crippen molar-refractivity contribution in [2.24, 2.45) is 41.2 Å². The van der Waals surface area contributed by atoms with Crippen LogP contribution >= 0.6 is 0 Å². The zero-order chi connectivity index (χ0) is 76.9. The van der Waals surface area contributed by atoms with Crippen molar-refractivity contribution in [3.8, 4) is 0 Å². The molecule has 2 aliphatic rings. The van der Waals surface area contributed by atoms with Gasteiger partial charge in [0, 0.05) is 96.0 Å². The van der Waals surface area contributed by atoms with Gasteiger partial charge in [0.2, 0.25) is 35.4 Å². The second-order valence-corrected chi connectivity index (χ2v) is 28.2. The third-order valence-corrected chi connectivity index (χ3v) is 18.9. The number of likely N-dealkylation sites (N-methyl/N-ethyl adjacent to an activating group) is 2. The van der Waals surface area contributed by atoms with Crippen molar-refractivity contribution in [1.29, 1.82) is 0 Å². The van der Waals surface area contributed by atoms with Gasteiger partial charge in [-0.3, -0.25) is 57.7 Å². The van der Waals surface area contributed by atoms with E-state index in [4.69, 9.17) is 24.7 Å². The van der Waals surface area contributed by atoms with Crippen LogP contribution in [0.15, 0.2) is 54.6 Å². The van der Waals surface area contributed by atoms with Gasteiger partial charge in [-0.2, -0.15) is 0 Å². The minimum Gasteiger partial charge on any atom is -0.445 e. The molecule has 572 valence electrons. The van der Waals surface area contributed by atoms with Crippen molar-refractivity contribution in [3.63, 3.8) is 0 Å². The molecule has 11 atom stereocenters. The number of likely N-dealkylation sites (tertiary alicyclic amines) is 1. The summed E-state index contributed by atoms with van der Waals surface area (Å²) in [6, 6.07) is 7.25. The molecule has 103 heavy (non-hydrogen) atoms. The fourth-order valence-corrected chi connectivity index (χ4v) is 13.2. The monoisotopic (exact) mass is 1440 g/mol. The van der Waals surface area contributed by atoms with Crippen molar-refractivity contribution in [2.75, 3.05) is 79.9 Å². The number of aryl methyl sites for hydroxylation is 2. The van der Waals surface area contributed by atoms with Crippen molar-refractivity contribution >= 4 is 82.7 Å². The molecule has 1 fully saturated rings. The number of nitrogens with zero attached hydrogens (tertiary/aromatic N) is 4. The lowest BCUT2D eigenvalue weighted by molar-refractivity contribution is -0.148. The number of alkyl carbamates (subject to hydrolysis) is 2. The third kappa shape index (κ3) is 27.1. The average Bonchev–Trinajstić information content (AvgIpc) is 1.74. The summed E-state index contributed by atoms with van der Waals surface area (Å²) in [5.74, 6) is -6.55. The fraction of sp³-hybridized carbons (Fsp3) is 0.635. The second kappa shape index (κ2) is 42.7. The molecule has 0 aliphatic carbocycles. The van der Waals surface area contributed by atoms with E-state index in [0.717, 1.165) is 16.0 Å². The molecule has 0 bridgehead atoms. The van der Waals surface area contributed by atoms with E-state index in [9.17, 15) is 57.5 Å². The number of hydrogen-bond acceptors (Lipinski definition) is 18. The molecule has 12 amide bonds. The number of benzene rings is 2. The Morgan fingerprint density at radius 1 is 0.689 bits per heavy atom. The number of ether oxygens (including phenoxy) is 4. The van der Waals surface area contributed by atoms with Crippen LogP contribution in [0, 0.1) is 49.4 Å². The van der Waals surface area contributed by atoms with Gasteiger partial charge in [0.15, 0.2) is 11.6 Å². The molecule has 9 N–H and O–H groups in total. The number of ketones is 2. The minimum atomic E-state index is -0.984. The largest absolute Gasteiger partial charge is 0.445 e. The van der Waals surface area contributed by atoms with Gasteiger partial charge in [0.25, 0.3) is 11.8 Å². The Labute approximate surface area is 606 Å². The number of methoxy groups -OCH3 is 2. The van der Waals surface area contributed by atoms with E-state index in [-0.39, 0.29) is 143 Å². The Bertz CT molecular complexity index is 3240. The van der Waals surface area contributed by atoms with Crippen LogP contribution in [0.25, 0.3) is 0 Å². The lowest BCUT2D eigenvalue weighted by Crippen LogP contribution is -2.59. The predicted octanol–water partition coefficient (Wildman–Crippen LogP) is 5.47. The van der Waals surface area contributed by atoms with Crippen molar-refractivity contribution in [1.82, 2.24) is 51.5 Å². The number of rotatable bonds is 43. The Balaban J connectivity index is 1.39. The van der Waals surface area contributed by atoms with Crippen LogP contribution in [-0.2, 0) is 68.7 Å². The highest BCUT2D eigenvalue weighted by Gasteiger charge is 2.47. The number of carbonyl (C=O) groups excluding carboxylic acids is 13. The van der Waals surface area contributed by atoms with Crippen LogP contribution in [0.3, 0.4) is 0 Å². The molecule has 29 heteroatoms. The summed E-state index contributed by atoms with van der Waals surface area (Å²) in [5.41, 5.74) is 8.37. The highest BCUT2D eigenvalue weighted by atomic mass is 16.6. The number of nitrogens with two attached hydrogens (primary N) is 1. The minimum absolute atomic E-state index is 0.0278. The molecule has 1 saturated heterocycles. The first-order valence-electron chi connectivity index (χ1n) is 35.7. The molecule has 2 heterocycles. The van der Waals surface area contributed by atoms with Gasteiger partial charge in [-0.1, -0.05) is 111 Å². The molecule has 0 radical (unpaired) electrons. The Hall–Kier alpha value is -8.83. The number of unbranched alkanes of at least 4 members (excludes halogenated alkanes) is 2. The van der Waals surface area contributed by atoms with E-state index in [1.165, 1.54) is 31.3 Å². The topological polar surface area (TPSA) is 382 Å². The molecule has 2 aromatic carbocycles. The number of primary amides is 1. The molecular formula is C74H114N12O17. The molecule has 2 aromatic rings. The second-order valence-electron chi connectivity index (χ2n) is 28.2. The molecule has 0 saturated carbocycles. The van der Waals surface area contributed by atoms with Gasteiger partial charge in [0.05, 0.1) is 61.8 Å². The summed E-state index contributed by atoms with van der Waals surface area (Å²) in [6.07, 6.45) is 0.240. The maximum Gasteiger partial charge on any atom is 0.407 e. The first-order valence-corrected chi connectivity index (χ1v) is 35.7. The maximum absolute atomic E-state index is 15.0. The van der Waals surface area contributed by atoms with Crippen molar-refractivity contribution in [2.45, 2.75) is 195 Å². The van der Waals surface area contributed by atoms with Crippen LogP contribution in [-0.4, -0.2) is 220 Å². The zero-order valence-corrected chi connectivity index (χ0v) is 63.1. The molecule has 2 aliphatic heterocycles. The number of nitrogens with one attached hydrogen (secondary N) is 7. The van der Waals surface area contributed by atoms with Gasteiger partial charge in [-0.25, -0.2) is 14.4 Å². The van der Waals surface area contributed by atoms with Crippen LogP contribution < -0.4 is 43.0 Å². The summed E-state index contributed by atoms with van der Waals surface area (Å²) in [4.78, 5) is 179. The Kier molecular flexibility index (Phi) is 35.9. The van der Waals surface area contributed by atoms with Crippen LogP contribution in [0.2, 0.25) is 0 Å². The first kappa shape index (κ1) is 86.6. The van der Waals surface area contributed by atoms with E-state index >= 15 is 4.79 Å². The van der Waals surface area contributed by atoms with Crippen LogP contribution in [0.5, 0.6) is 0 Å². The van der Waals surface area contributed by atoms with E-state index in [2.05, 4.69) is 37.2 Å². The number of hydrogen-bond donors (Lipinski definition) is 8. The highest BCUT2D eigenvalue weighted by molar-refractivity contribution is 6.13. The van der Waals surface area contributed by atoms with E-state index in [1.807, 2.05) is 86.5 Å². The predicted molar refractivity (Wildman–Crippen MR) is 386 cm³/mol. The first-order chi connectivity index (χ1) is 48.6. The lowest BCUT2D eigenvalue weighted by Gasteiger charge is -2.41. The standard InChI is InChI=1S/C74H114N12O17/c1-17-47(9)66(84(14)71(96)64(44(4)5)82-70(95)65(45(6)7)83(12)13)58(100-15)39-62(92)86-41-53(38-55(86)67(101-16)49(11)68(93)79-40-57(88)54-29-24-46(8)36-48(54)10)103-74(99)78-34-33-77-73(98)102-42-50-25-27-52(28-26-50)80-69(94)51(22-21-32-76-72(75)97)37-56(87)63(43(2)3)81-59(89)23-19-18-20-35-85-60(90)30-31-61(85)91/h24-31,36,43-45,47,49,51,53,55,58,63-67H,17-23,32-35,37-42H2,1-16H3,(H,77,98)(H,78,99)(H,79,93)(H,80,94)(H,81,89)(H,82,95)(H3,75,76,97)/t47-,49+,51+,53-,55-,58+,63-,64-,65-,66-,67+/m0/s1. The fourth-order valence-electron chi connectivity index (χ4n) is 13.2. The van der Waals surface area contributed by atoms with Crippen LogP contribution in [0.1, 0.15) is 154 Å². The lowest BCUT2D eigenvalue weighted by atomic mass is 9.89. The summed E-state index contributed by atoms with van der Waals surface area (Å²) in [5, 5.41) is 19.1. The summed E-state index contributed by atoms with van der Waals surface area (Å²) in [6.45, 7) is 20.0. The quantitative estimate of drug-likeness (QED) is 0.0232. The molecule has 0 spiro atoms. The molecule has 4 rings (SSSR count). The number of imide groups is 1. The van der Waals surface area contributed by atoms with Crippen LogP contribution in [0.4, 0.5) is 20.1 Å². The molecular weight excluding hydrogens is 1330 g/mol. The summed E-state index contributed by atoms with van der Waals surface area (Å²) in [7, 11) is 8.11. The molecule has 0 unspecified atom stereocenters. The number of Topliss-reactive ketones (excluding diaryl/α,β-unsaturated/α-hetero) is 2. The smallest absolute Gasteiger partial charge is 0.407 e. The number of anilines is 1. The van der Waals surface area contributed by atoms with Crippen molar-refractivity contribution < 1.29 is 81.3 Å². The SMILES string of the molecule is CC[C@H](C)[C@@H]([C@@H](CC(=O)N1C[C@@H](OC(=O)NCCNC(=O)OCc2ccc(NC(=O)[C@H](CCCNC(N)=O)CC(=O)[C@@H](NC(=O)CCCCCN3C(=O)C=CC3=O)C(C)C)cc2)C[C@H]1[C@H](OC)[C@@H](C)C(=O)NCC(=O)c1ccc(C)cc1C)OC)N(C)C(=O)[C@@H](NC(=O)[C@H](C(C)C)N(C)C)C(C)C. The third-order valence-electron chi connectivity index (χ3n) is 18.9. The summed E-state index contributed by atoms with van der Waals surface area (Å²) >= 11 is 0. The Morgan fingerprint density at radius 2 is 1.33 bits per heavy atom. The van der Waals surface area contributed by atoms with E-state index in [1.54, 1.807) is 63.1 Å². The molecule has 0 aromatic heterocycles. The van der Waals surface area contributed by atoms with Gasteiger partial charge < -0.3 is 71.7 Å². The van der Waals surface area contributed by atoms with Gasteiger partial charge in [-0.15, -0.1) is 0 Å². The van der Waals surface area contributed by atoms with E-state index < -0.39 is 96.3 Å². The van der Waals surface area contributed by atoms with Gasteiger partial charge >= 0.3 is 18.2 Å². The highest BCUT2D eigenvalue weighted by Crippen LogP contribution is 2.32. The number of carbonyl (C=O) groups is 13.